The summed E-state index contributed by atoms with van der Waals surface area (Å²) < 4.78 is 5.29. The van der Waals surface area contributed by atoms with Gasteiger partial charge in [0.05, 0.1) is 0 Å². The number of rotatable bonds is 3. The fourth-order valence-corrected chi connectivity index (χ4v) is 2.08. The molecule has 1 aromatic carbocycles. The molecule has 5 nitrogen and oxygen atoms in total. The normalized spacial score (nSPS) is 13.0. The minimum Gasteiger partial charge on any atom is -0.444 e. The monoisotopic (exact) mass is 288 g/mol. The number of H-pyrrole nitrogens is 1. The molecule has 5 heteroatoms. The van der Waals surface area contributed by atoms with Gasteiger partial charge in [-0.25, -0.2) is 4.79 Å². The van der Waals surface area contributed by atoms with Gasteiger partial charge in [-0.1, -0.05) is 18.2 Å². The zero-order valence-electron chi connectivity index (χ0n) is 12.7. The number of nitrogens with zero attached hydrogens (tertiary/aromatic N) is 1. The largest absolute Gasteiger partial charge is 0.444 e. The molecule has 0 aliphatic rings. The number of benzene rings is 1. The highest BCUT2D eigenvalue weighted by atomic mass is 16.6. The zero-order chi connectivity index (χ0) is 15.6. The zero-order valence-corrected chi connectivity index (χ0v) is 12.7. The maximum Gasteiger partial charge on any atom is 0.410 e. The van der Waals surface area contributed by atoms with Crippen LogP contribution in [0.1, 0.15) is 32.5 Å². The molecule has 1 heterocycles. The summed E-state index contributed by atoms with van der Waals surface area (Å²) in [7, 11) is 1.55. The van der Waals surface area contributed by atoms with Crippen LogP contribution in [0.25, 0.3) is 10.9 Å². The molecule has 2 aromatic rings. The van der Waals surface area contributed by atoms with Crippen LogP contribution in [0.3, 0.4) is 0 Å². The number of hydrogen-bond donors (Lipinski definition) is 1. The van der Waals surface area contributed by atoms with E-state index in [9.17, 15) is 9.59 Å². The number of aldehydes is 1. The lowest BCUT2D eigenvalue weighted by Crippen LogP contribution is -2.37. The van der Waals surface area contributed by atoms with Crippen LogP contribution in [0.2, 0.25) is 0 Å². The van der Waals surface area contributed by atoms with Crippen molar-refractivity contribution >= 4 is 23.3 Å². The molecule has 1 amide bonds. The molecule has 1 atom stereocenters. The number of carbonyl (C=O) groups is 2. The highest BCUT2D eigenvalue weighted by Gasteiger charge is 2.27. The van der Waals surface area contributed by atoms with Gasteiger partial charge in [0, 0.05) is 18.3 Å². The first-order valence-corrected chi connectivity index (χ1v) is 6.80. The van der Waals surface area contributed by atoms with Gasteiger partial charge in [0.15, 0.2) is 0 Å². The second kappa shape index (κ2) is 5.60. The Kier molecular flexibility index (Phi) is 4.02. The van der Waals surface area contributed by atoms with E-state index >= 15 is 0 Å². The number of likely N-dealkylation sites (N-methyl/N-ethyl adjacent to an activating group) is 1. The topological polar surface area (TPSA) is 62.4 Å². The second-order valence-electron chi connectivity index (χ2n) is 5.98. The van der Waals surface area contributed by atoms with Crippen LogP contribution in [0, 0.1) is 0 Å². The van der Waals surface area contributed by atoms with E-state index in [1.807, 2.05) is 30.3 Å². The van der Waals surface area contributed by atoms with Gasteiger partial charge >= 0.3 is 6.09 Å². The Bertz CT molecular complexity index is 622. The van der Waals surface area contributed by atoms with Gasteiger partial charge in [0.2, 0.25) is 0 Å². The number of amides is 1. The fraction of sp³-hybridized carbons (Fsp3) is 0.375. The van der Waals surface area contributed by atoms with E-state index in [0.29, 0.717) is 5.69 Å². The highest BCUT2D eigenvalue weighted by Crippen LogP contribution is 2.23. The smallest absolute Gasteiger partial charge is 0.410 e. The van der Waals surface area contributed by atoms with Crippen molar-refractivity contribution < 1.29 is 14.3 Å². The number of carbonyl (C=O) groups excluding carboxylic acids is 2. The van der Waals surface area contributed by atoms with E-state index in [-0.39, 0.29) is 0 Å². The fourth-order valence-electron chi connectivity index (χ4n) is 2.08. The molecule has 0 aliphatic heterocycles. The van der Waals surface area contributed by atoms with E-state index in [2.05, 4.69) is 4.98 Å². The maximum absolute atomic E-state index is 12.1. The molecule has 112 valence electrons. The molecule has 2 rings (SSSR count). The molecule has 0 spiro atoms. The Morgan fingerprint density at radius 2 is 2.00 bits per heavy atom. The number of aromatic amines is 1. The summed E-state index contributed by atoms with van der Waals surface area (Å²) in [6, 6.07) is 8.88. The van der Waals surface area contributed by atoms with Gasteiger partial charge in [-0.05, 0) is 38.3 Å². The molecule has 0 aliphatic carbocycles. The Morgan fingerprint density at radius 3 is 2.57 bits per heavy atom. The predicted octanol–water partition coefficient (Wildman–Crippen LogP) is 3.27. The lowest BCUT2D eigenvalue weighted by molar-refractivity contribution is -0.112. The number of para-hydroxylation sites is 1. The van der Waals surface area contributed by atoms with Gasteiger partial charge in [0.1, 0.15) is 17.9 Å². The van der Waals surface area contributed by atoms with Crippen LogP contribution in [-0.2, 0) is 9.53 Å². The van der Waals surface area contributed by atoms with Gasteiger partial charge in [-0.3, -0.25) is 4.90 Å². The van der Waals surface area contributed by atoms with E-state index in [0.717, 1.165) is 17.2 Å². The van der Waals surface area contributed by atoms with Gasteiger partial charge < -0.3 is 14.5 Å². The number of fused-ring (bicyclic) bond motifs is 1. The summed E-state index contributed by atoms with van der Waals surface area (Å²) in [4.78, 5) is 28.0. The first-order chi connectivity index (χ1) is 9.81. The Labute approximate surface area is 123 Å². The third kappa shape index (κ3) is 3.42. The Balaban J connectivity index is 2.26. The second-order valence-corrected chi connectivity index (χ2v) is 5.98. The van der Waals surface area contributed by atoms with E-state index in [1.165, 1.54) is 4.90 Å². The van der Waals surface area contributed by atoms with Crippen LogP contribution < -0.4 is 0 Å². The number of ether oxygens (including phenoxy) is 1. The first kappa shape index (κ1) is 15.1. The van der Waals surface area contributed by atoms with E-state index in [4.69, 9.17) is 4.74 Å². The standard InChI is InChI=1S/C16H20N2O3/c1-16(2,3)21-15(20)18(4)14(10-19)13-9-11-7-5-6-8-12(11)17-13/h5-10,14,17H,1-4H3. The van der Waals surface area contributed by atoms with Gasteiger partial charge in [-0.15, -0.1) is 0 Å². The van der Waals surface area contributed by atoms with Crippen molar-refractivity contribution in [2.45, 2.75) is 32.4 Å². The van der Waals surface area contributed by atoms with Crippen LogP contribution in [-0.4, -0.2) is 34.9 Å². The molecule has 1 N–H and O–H groups in total. The van der Waals surface area contributed by atoms with E-state index in [1.54, 1.807) is 27.8 Å². The summed E-state index contributed by atoms with van der Waals surface area (Å²) >= 11 is 0. The van der Waals surface area contributed by atoms with Crippen molar-refractivity contribution in [2.75, 3.05) is 7.05 Å². The minimum absolute atomic E-state index is 0.529. The number of nitrogens with one attached hydrogen (secondary N) is 1. The number of aromatic nitrogens is 1. The molecule has 0 radical (unpaired) electrons. The quantitative estimate of drug-likeness (QED) is 0.882. The molecule has 0 fully saturated rings. The molecule has 0 bridgehead atoms. The van der Waals surface area contributed by atoms with Crippen molar-refractivity contribution in [2.24, 2.45) is 0 Å². The van der Waals surface area contributed by atoms with Crippen molar-refractivity contribution in [1.29, 1.82) is 0 Å². The van der Waals surface area contributed by atoms with Gasteiger partial charge in [0.25, 0.3) is 0 Å². The third-order valence-corrected chi connectivity index (χ3v) is 3.10. The average Bonchev–Trinajstić information content (AvgIpc) is 2.80. The maximum atomic E-state index is 12.1. The third-order valence-electron chi connectivity index (χ3n) is 3.10. The molecular weight excluding hydrogens is 268 g/mol. The Morgan fingerprint density at radius 1 is 1.33 bits per heavy atom. The predicted molar refractivity (Wildman–Crippen MR) is 81.1 cm³/mol. The SMILES string of the molecule is CN(C(=O)OC(C)(C)C)C(C=O)c1cc2ccccc2[nH]1. The molecule has 21 heavy (non-hydrogen) atoms. The molecular formula is C16H20N2O3. The van der Waals surface area contributed by atoms with Crippen molar-refractivity contribution in [1.82, 2.24) is 9.88 Å². The molecule has 0 saturated heterocycles. The summed E-state index contributed by atoms with van der Waals surface area (Å²) in [6.45, 7) is 5.37. The molecule has 1 unspecified atom stereocenters. The molecule has 1 aromatic heterocycles. The highest BCUT2D eigenvalue weighted by molar-refractivity contribution is 5.82. The van der Waals surface area contributed by atoms with Crippen LogP contribution in [0.5, 0.6) is 0 Å². The summed E-state index contributed by atoms with van der Waals surface area (Å²) in [5, 5.41) is 0.997. The summed E-state index contributed by atoms with van der Waals surface area (Å²) in [5.74, 6) is 0. The summed E-state index contributed by atoms with van der Waals surface area (Å²) in [6.07, 6.45) is 0.201. The lowest BCUT2D eigenvalue weighted by atomic mass is 10.2. The molecule has 0 saturated carbocycles. The minimum atomic E-state index is -0.702. The number of hydrogen-bond acceptors (Lipinski definition) is 3. The first-order valence-electron chi connectivity index (χ1n) is 6.80. The van der Waals surface area contributed by atoms with E-state index < -0.39 is 17.7 Å². The summed E-state index contributed by atoms with van der Waals surface area (Å²) in [5.41, 5.74) is 0.996. The van der Waals surface area contributed by atoms with Gasteiger partial charge in [-0.2, -0.15) is 0 Å². The van der Waals surface area contributed by atoms with Crippen molar-refractivity contribution in [3.8, 4) is 0 Å². The Hall–Kier alpha value is -2.30. The van der Waals surface area contributed by atoms with Crippen LogP contribution >= 0.6 is 0 Å². The lowest BCUT2D eigenvalue weighted by Gasteiger charge is -2.27. The van der Waals surface area contributed by atoms with Crippen molar-refractivity contribution in [3.05, 3.63) is 36.0 Å². The van der Waals surface area contributed by atoms with Crippen LogP contribution in [0.15, 0.2) is 30.3 Å². The van der Waals surface area contributed by atoms with Crippen molar-refractivity contribution in [3.63, 3.8) is 0 Å². The average molecular weight is 288 g/mol. The van der Waals surface area contributed by atoms with Crippen LogP contribution in [0.4, 0.5) is 4.79 Å².